The van der Waals surface area contributed by atoms with E-state index in [2.05, 4.69) is 22.6 Å². The molecule has 0 radical (unpaired) electrons. The van der Waals surface area contributed by atoms with Gasteiger partial charge in [-0.3, -0.25) is 4.79 Å². The Hall–Kier alpha value is -0.710. The van der Waals surface area contributed by atoms with Crippen molar-refractivity contribution in [2.24, 2.45) is 5.92 Å². The zero-order valence-electron chi connectivity index (χ0n) is 14.6. The van der Waals surface area contributed by atoms with Crippen LogP contribution in [0.15, 0.2) is 35.2 Å². The van der Waals surface area contributed by atoms with E-state index in [4.69, 9.17) is 14.2 Å². The van der Waals surface area contributed by atoms with E-state index in [1.807, 2.05) is 0 Å². The lowest BCUT2D eigenvalue weighted by molar-refractivity contribution is -0.241. The third-order valence-corrected chi connectivity index (χ3v) is 8.74. The summed E-state index contributed by atoms with van der Waals surface area (Å²) < 4.78 is 43.0. The van der Waals surface area contributed by atoms with Crippen molar-refractivity contribution in [1.82, 2.24) is 0 Å². The Labute approximate surface area is 167 Å². The van der Waals surface area contributed by atoms with Gasteiger partial charge in [-0.05, 0) is 31.4 Å². The molecule has 0 amide bonds. The zero-order chi connectivity index (χ0) is 18.8. The number of alkyl halides is 1. The van der Waals surface area contributed by atoms with Gasteiger partial charge in [-0.2, -0.15) is 0 Å². The van der Waals surface area contributed by atoms with Gasteiger partial charge < -0.3 is 14.2 Å². The Morgan fingerprint density at radius 1 is 1.23 bits per heavy atom. The van der Waals surface area contributed by atoms with Crippen molar-refractivity contribution in [3.63, 3.8) is 0 Å². The molecule has 1 aliphatic carbocycles. The SMILES string of the molecule is COC(=O)[C@]1(S(=O)(=O)c2ccccc2)C[C@@H](CI)C2(C1)OCCCCO2. The normalized spacial score (nSPS) is 28.6. The Kier molecular flexibility index (Phi) is 5.96. The second kappa shape index (κ2) is 7.73. The third kappa shape index (κ3) is 3.18. The summed E-state index contributed by atoms with van der Waals surface area (Å²) in [5, 5.41) is 0. The number of benzene rings is 1. The van der Waals surface area contributed by atoms with E-state index in [0.717, 1.165) is 12.8 Å². The number of esters is 1. The third-order valence-electron chi connectivity index (χ3n) is 5.27. The molecular weight excluding hydrogens is 471 g/mol. The van der Waals surface area contributed by atoms with Crippen molar-refractivity contribution in [3.05, 3.63) is 30.3 Å². The summed E-state index contributed by atoms with van der Waals surface area (Å²) in [6.45, 7) is 0.992. The van der Waals surface area contributed by atoms with Crippen LogP contribution < -0.4 is 0 Å². The molecule has 0 N–H and O–H groups in total. The van der Waals surface area contributed by atoms with Crippen LogP contribution in [0.3, 0.4) is 0 Å². The number of halogens is 1. The van der Waals surface area contributed by atoms with Crippen molar-refractivity contribution in [1.29, 1.82) is 0 Å². The topological polar surface area (TPSA) is 78.9 Å². The van der Waals surface area contributed by atoms with E-state index < -0.39 is 26.3 Å². The zero-order valence-corrected chi connectivity index (χ0v) is 17.6. The van der Waals surface area contributed by atoms with Crippen molar-refractivity contribution < 1.29 is 27.4 Å². The molecule has 0 bridgehead atoms. The molecule has 144 valence electrons. The molecule has 0 aromatic heterocycles. The van der Waals surface area contributed by atoms with Crippen LogP contribution in [0.1, 0.15) is 25.7 Å². The maximum absolute atomic E-state index is 13.5. The van der Waals surface area contributed by atoms with Crippen LogP contribution in [0.25, 0.3) is 0 Å². The number of rotatable bonds is 4. The molecule has 1 spiro atoms. The highest BCUT2D eigenvalue weighted by atomic mass is 127. The first-order valence-corrected chi connectivity index (χ1v) is 11.6. The van der Waals surface area contributed by atoms with Gasteiger partial charge in [0.2, 0.25) is 0 Å². The first-order chi connectivity index (χ1) is 12.4. The minimum atomic E-state index is -3.98. The molecule has 2 atom stereocenters. The van der Waals surface area contributed by atoms with E-state index in [1.165, 1.54) is 19.2 Å². The number of hydrogen-bond acceptors (Lipinski definition) is 6. The quantitative estimate of drug-likeness (QED) is 0.364. The summed E-state index contributed by atoms with van der Waals surface area (Å²) in [5.41, 5.74) is 0. The van der Waals surface area contributed by atoms with Crippen LogP contribution in [0, 0.1) is 5.92 Å². The van der Waals surface area contributed by atoms with Gasteiger partial charge >= 0.3 is 5.97 Å². The molecule has 0 unspecified atom stereocenters. The molecule has 8 heteroatoms. The number of hydrogen-bond donors (Lipinski definition) is 0. The van der Waals surface area contributed by atoms with Gasteiger partial charge in [0.05, 0.1) is 25.2 Å². The number of methoxy groups -OCH3 is 1. The molecule has 2 aliphatic rings. The average molecular weight is 494 g/mol. The molecule has 1 aromatic carbocycles. The van der Waals surface area contributed by atoms with E-state index >= 15 is 0 Å². The Balaban J connectivity index is 2.11. The summed E-state index contributed by atoms with van der Waals surface area (Å²) in [6.07, 6.45) is 1.79. The number of sulfone groups is 1. The molecule has 2 fully saturated rings. The summed E-state index contributed by atoms with van der Waals surface area (Å²) in [6, 6.07) is 8.07. The van der Waals surface area contributed by atoms with E-state index in [1.54, 1.807) is 18.2 Å². The summed E-state index contributed by atoms with van der Waals surface area (Å²) in [5.74, 6) is -2.02. The predicted molar refractivity (Wildman–Crippen MR) is 104 cm³/mol. The van der Waals surface area contributed by atoms with Gasteiger partial charge in [-0.1, -0.05) is 40.8 Å². The number of ether oxygens (including phenoxy) is 3. The van der Waals surface area contributed by atoms with Gasteiger partial charge in [0.15, 0.2) is 20.4 Å². The Bertz CT molecular complexity index is 742. The highest BCUT2D eigenvalue weighted by molar-refractivity contribution is 14.1. The van der Waals surface area contributed by atoms with Gasteiger partial charge in [-0.15, -0.1) is 0 Å². The molecule has 6 nitrogen and oxygen atoms in total. The Morgan fingerprint density at radius 2 is 1.85 bits per heavy atom. The molecular formula is C18H23IO6S. The van der Waals surface area contributed by atoms with Crippen molar-refractivity contribution in [3.8, 4) is 0 Å². The summed E-state index contributed by atoms with van der Waals surface area (Å²) in [7, 11) is -2.75. The monoisotopic (exact) mass is 494 g/mol. The lowest BCUT2D eigenvalue weighted by atomic mass is 10.0. The fourth-order valence-corrected chi connectivity index (χ4v) is 6.96. The van der Waals surface area contributed by atoms with E-state index in [-0.39, 0.29) is 23.7 Å². The van der Waals surface area contributed by atoms with Crippen molar-refractivity contribution in [2.75, 3.05) is 24.8 Å². The van der Waals surface area contributed by atoms with Crippen LogP contribution in [0.4, 0.5) is 0 Å². The lowest BCUT2D eigenvalue weighted by Crippen LogP contribution is -2.48. The fourth-order valence-electron chi connectivity index (χ4n) is 3.89. The fraction of sp³-hybridized carbons (Fsp3) is 0.611. The van der Waals surface area contributed by atoms with Gasteiger partial charge in [0.25, 0.3) is 0 Å². The van der Waals surface area contributed by atoms with Gasteiger partial charge in [0.1, 0.15) is 0 Å². The van der Waals surface area contributed by atoms with Crippen molar-refractivity contribution >= 4 is 38.4 Å². The molecule has 1 saturated heterocycles. The highest BCUT2D eigenvalue weighted by Crippen LogP contribution is 2.52. The Morgan fingerprint density at radius 3 is 2.38 bits per heavy atom. The second-order valence-corrected chi connectivity index (χ2v) is 9.89. The molecule has 1 saturated carbocycles. The van der Waals surface area contributed by atoms with Gasteiger partial charge in [0, 0.05) is 16.8 Å². The van der Waals surface area contributed by atoms with Crippen molar-refractivity contribution in [2.45, 2.75) is 41.1 Å². The van der Waals surface area contributed by atoms with Gasteiger partial charge in [-0.25, -0.2) is 8.42 Å². The maximum atomic E-state index is 13.5. The molecule has 26 heavy (non-hydrogen) atoms. The summed E-state index contributed by atoms with van der Waals surface area (Å²) in [4.78, 5) is 12.9. The van der Waals surface area contributed by atoms with E-state index in [0.29, 0.717) is 17.6 Å². The minimum Gasteiger partial charge on any atom is -0.468 e. The van der Waals surface area contributed by atoms with Crippen LogP contribution in [-0.4, -0.2) is 49.7 Å². The maximum Gasteiger partial charge on any atom is 0.327 e. The molecule has 1 aliphatic heterocycles. The molecule has 1 aromatic rings. The molecule has 1 heterocycles. The lowest BCUT2D eigenvalue weighted by Gasteiger charge is -2.34. The highest BCUT2D eigenvalue weighted by Gasteiger charge is 2.66. The smallest absolute Gasteiger partial charge is 0.327 e. The second-order valence-electron chi connectivity index (χ2n) is 6.75. The van der Waals surface area contributed by atoms with Crippen LogP contribution >= 0.6 is 22.6 Å². The van der Waals surface area contributed by atoms with Crippen LogP contribution in [0.2, 0.25) is 0 Å². The largest absolute Gasteiger partial charge is 0.468 e. The standard InChI is InChI=1S/C18H23IO6S/c1-23-16(20)17(26(21,22)15-7-3-2-4-8-15)11-14(12-19)18(13-17)24-9-5-6-10-25-18/h2-4,7-8,14H,5-6,9-13H2,1H3/t14-,17-/m0/s1. The first-order valence-electron chi connectivity index (χ1n) is 8.64. The predicted octanol–water partition coefficient (Wildman–Crippen LogP) is 2.74. The number of carbonyl (C=O) groups excluding carboxylic acids is 1. The first kappa shape index (κ1) is 20.0. The van der Waals surface area contributed by atoms with Crippen LogP contribution in [-0.2, 0) is 28.8 Å². The summed E-state index contributed by atoms with van der Waals surface area (Å²) >= 11 is 2.20. The molecule has 3 rings (SSSR count). The number of carbonyl (C=O) groups is 1. The van der Waals surface area contributed by atoms with Crippen LogP contribution in [0.5, 0.6) is 0 Å². The average Bonchev–Trinajstić information content (AvgIpc) is 2.82. The minimum absolute atomic E-state index is 0.0441. The van der Waals surface area contributed by atoms with E-state index in [9.17, 15) is 13.2 Å².